The van der Waals surface area contributed by atoms with Crippen LogP contribution in [0.25, 0.3) is 0 Å². The van der Waals surface area contributed by atoms with Gasteiger partial charge in [0.05, 0.1) is 5.02 Å². The normalized spacial score (nSPS) is 9.65. The van der Waals surface area contributed by atoms with Crippen LogP contribution in [0.5, 0.6) is 5.75 Å². The molecule has 0 unspecified atom stereocenters. The molecule has 0 radical (unpaired) electrons. The summed E-state index contributed by atoms with van der Waals surface area (Å²) in [5.74, 6) is -0.385. The molecule has 5 nitrogen and oxygen atoms in total. The van der Waals surface area contributed by atoms with Crippen LogP contribution in [-0.2, 0) is 4.79 Å². The fourth-order valence-corrected chi connectivity index (χ4v) is 1.22. The van der Waals surface area contributed by atoms with Crippen molar-refractivity contribution in [2.24, 2.45) is 0 Å². The third-order valence-electron chi connectivity index (χ3n) is 1.66. The highest BCUT2D eigenvalue weighted by Gasteiger charge is 2.15. The Hall–Kier alpha value is -1.11. The fraction of sp³-hybridized carbons (Fsp3) is 0.111. The molecule has 1 N–H and O–H groups in total. The number of imide groups is 1. The van der Waals surface area contributed by atoms with Gasteiger partial charge in [0.1, 0.15) is 5.02 Å². The molecular weight excluding hydrogens is 287 g/mol. The number of benzene rings is 1. The molecule has 0 bridgehead atoms. The number of hydrogen-bond acceptors (Lipinski definition) is 4. The van der Waals surface area contributed by atoms with E-state index in [-0.39, 0.29) is 15.8 Å². The summed E-state index contributed by atoms with van der Waals surface area (Å²) in [6.45, 7) is 1.18. The summed E-state index contributed by atoms with van der Waals surface area (Å²) in [6, 6.07) is 3.83. The van der Waals surface area contributed by atoms with Gasteiger partial charge in [0.2, 0.25) is 5.91 Å². The highest BCUT2D eigenvalue weighted by molar-refractivity contribution is 7.79. The van der Waals surface area contributed by atoms with E-state index in [0.29, 0.717) is 4.31 Å². The predicted molar refractivity (Wildman–Crippen MR) is 67.1 cm³/mol. The molecule has 0 aliphatic rings. The topological polar surface area (TPSA) is 58.6 Å². The lowest BCUT2D eigenvalue weighted by Crippen LogP contribution is -2.38. The predicted octanol–water partition coefficient (Wildman–Crippen LogP) is 2.69. The Labute approximate surface area is 113 Å². The van der Waals surface area contributed by atoms with Gasteiger partial charge in [-0.3, -0.25) is 4.79 Å². The number of rotatable bonds is 2. The van der Waals surface area contributed by atoms with E-state index in [9.17, 15) is 9.59 Å². The Bertz CT molecular complexity index is 456. The van der Waals surface area contributed by atoms with E-state index in [2.05, 4.69) is 12.8 Å². The lowest BCUT2D eigenvalue weighted by molar-refractivity contribution is -0.122. The SMILES string of the molecule is CC(=O)N(S)C(=O)NOc1cccc(Cl)c1Cl. The lowest BCUT2D eigenvalue weighted by Gasteiger charge is -2.13. The number of nitrogens with zero attached hydrogens (tertiary/aromatic N) is 1. The molecule has 0 fully saturated rings. The first-order chi connectivity index (χ1) is 7.93. The maximum absolute atomic E-state index is 11.3. The van der Waals surface area contributed by atoms with Crippen LogP contribution in [0.3, 0.4) is 0 Å². The summed E-state index contributed by atoms with van der Waals surface area (Å²) in [4.78, 5) is 27.0. The molecule has 0 aliphatic heterocycles. The third kappa shape index (κ3) is 3.69. The summed E-state index contributed by atoms with van der Waals surface area (Å²) < 4.78 is 0.554. The number of hydrogen-bond donors (Lipinski definition) is 2. The van der Waals surface area contributed by atoms with Gasteiger partial charge in [-0.05, 0) is 12.1 Å². The van der Waals surface area contributed by atoms with E-state index in [1.165, 1.54) is 13.0 Å². The van der Waals surface area contributed by atoms with E-state index in [1.54, 1.807) is 12.1 Å². The van der Waals surface area contributed by atoms with Crippen molar-refractivity contribution in [1.82, 2.24) is 9.79 Å². The molecule has 1 aromatic rings. The zero-order chi connectivity index (χ0) is 13.0. The minimum atomic E-state index is -0.836. The number of hydroxylamine groups is 1. The molecule has 17 heavy (non-hydrogen) atoms. The molecule has 0 atom stereocenters. The van der Waals surface area contributed by atoms with Crippen LogP contribution in [-0.4, -0.2) is 16.2 Å². The zero-order valence-corrected chi connectivity index (χ0v) is 11.0. The van der Waals surface area contributed by atoms with Crippen LogP contribution in [0.15, 0.2) is 18.2 Å². The number of carbonyl (C=O) groups is 2. The monoisotopic (exact) mass is 294 g/mol. The molecule has 0 saturated heterocycles. The summed E-state index contributed by atoms with van der Waals surface area (Å²) in [6.07, 6.45) is 0. The summed E-state index contributed by atoms with van der Waals surface area (Å²) >= 11 is 15.2. The van der Waals surface area contributed by atoms with Crippen LogP contribution in [0.4, 0.5) is 4.79 Å². The first-order valence-corrected chi connectivity index (χ1v) is 5.49. The van der Waals surface area contributed by atoms with Gasteiger partial charge in [0.25, 0.3) is 0 Å². The number of nitrogens with one attached hydrogen (secondary N) is 1. The van der Waals surface area contributed by atoms with Gasteiger partial charge in [0.15, 0.2) is 5.75 Å². The van der Waals surface area contributed by atoms with Gasteiger partial charge < -0.3 is 4.84 Å². The van der Waals surface area contributed by atoms with Crippen molar-refractivity contribution < 1.29 is 14.4 Å². The first-order valence-electron chi connectivity index (χ1n) is 4.34. The summed E-state index contributed by atoms with van der Waals surface area (Å²) in [5, 5.41) is 0.440. The van der Waals surface area contributed by atoms with Gasteiger partial charge in [-0.2, -0.15) is 5.48 Å². The van der Waals surface area contributed by atoms with Crippen LogP contribution in [0, 0.1) is 0 Å². The standard InChI is InChI=1S/C9H8Cl2N2O3S/c1-5(14)13(17)9(15)12-16-7-4-2-3-6(10)8(7)11/h2-4,17H,1H3,(H,12,15). The van der Waals surface area contributed by atoms with Gasteiger partial charge in [0, 0.05) is 6.92 Å². The number of thiol groups is 1. The van der Waals surface area contributed by atoms with Crippen LogP contribution >= 0.6 is 36.0 Å². The van der Waals surface area contributed by atoms with Crippen molar-refractivity contribution >= 4 is 48.0 Å². The molecule has 0 aromatic heterocycles. The molecule has 8 heteroatoms. The Kier molecular flexibility index (Phi) is 4.92. The molecule has 0 spiro atoms. The van der Waals surface area contributed by atoms with Crippen LogP contribution < -0.4 is 10.3 Å². The van der Waals surface area contributed by atoms with E-state index >= 15 is 0 Å². The molecular formula is C9H8Cl2N2O3S. The van der Waals surface area contributed by atoms with Gasteiger partial charge in [-0.25, -0.2) is 9.10 Å². The van der Waals surface area contributed by atoms with Crippen molar-refractivity contribution in [3.63, 3.8) is 0 Å². The maximum Gasteiger partial charge on any atom is 0.367 e. The average Bonchev–Trinajstić information content (AvgIpc) is 2.29. The summed E-state index contributed by atoms with van der Waals surface area (Å²) in [7, 11) is 0. The van der Waals surface area contributed by atoms with E-state index in [1.807, 2.05) is 5.48 Å². The quantitative estimate of drug-likeness (QED) is 0.651. The Balaban J connectivity index is 2.65. The largest absolute Gasteiger partial charge is 0.376 e. The minimum Gasteiger partial charge on any atom is -0.376 e. The molecule has 1 aromatic carbocycles. The molecule has 1 rings (SSSR count). The third-order valence-corrected chi connectivity index (χ3v) is 2.92. The minimum absolute atomic E-state index is 0.156. The van der Waals surface area contributed by atoms with Crippen molar-refractivity contribution in [3.8, 4) is 5.75 Å². The molecule has 0 aliphatic carbocycles. The Morgan fingerprint density at radius 1 is 1.41 bits per heavy atom. The Morgan fingerprint density at radius 2 is 2.06 bits per heavy atom. The van der Waals surface area contributed by atoms with E-state index in [0.717, 1.165) is 0 Å². The Morgan fingerprint density at radius 3 is 2.65 bits per heavy atom. The highest BCUT2D eigenvalue weighted by atomic mass is 35.5. The number of urea groups is 1. The molecule has 3 amide bonds. The number of halogens is 2. The number of amides is 3. The second kappa shape index (κ2) is 6.00. The first kappa shape index (κ1) is 14.0. The summed E-state index contributed by atoms with van der Waals surface area (Å²) in [5.41, 5.74) is 1.99. The van der Waals surface area contributed by atoms with Crippen LogP contribution in [0.1, 0.15) is 6.92 Å². The fourth-order valence-electron chi connectivity index (χ4n) is 0.848. The second-order valence-corrected chi connectivity index (χ2v) is 4.08. The zero-order valence-electron chi connectivity index (χ0n) is 8.61. The lowest BCUT2D eigenvalue weighted by atomic mass is 10.3. The highest BCUT2D eigenvalue weighted by Crippen LogP contribution is 2.30. The van der Waals surface area contributed by atoms with E-state index in [4.69, 9.17) is 28.0 Å². The average molecular weight is 295 g/mol. The van der Waals surface area contributed by atoms with Crippen LogP contribution in [0.2, 0.25) is 10.0 Å². The number of carbonyl (C=O) groups excluding carboxylic acids is 2. The smallest absolute Gasteiger partial charge is 0.367 e. The van der Waals surface area contributed by atoms with Crippen molar-refractivity contribution in [3.05, 3.63) is 28.2 Å². The van der Waals surface area contributed by atoms with Crippen molar-refractivity contribution in [2.45, 2.75) is 6.92 Å². The maximum atomic E-state index is 11.3. The molecule has 0 heterocycles. The van der Waals surface area contributed by atoms with E-state index < -0.39 is 11.9 Å². The van der Waals surface area contributed by atoms with Gasteiger partial charge in [-0.1, -0.05) is 42.1 Å². The van der Waals surface area contributed by atoms with Crippen molar-refractivity contribution in [1.29, 1.82) is 0 Å². The van der Waals surface area contributed by atoms with Crippen molar-refractivity contribution in [2.75, 3.05) is 0 Å². The second-order valence-electron chi connectivity index (χ2n) is 2.89. The molecule has 92 valence electrons. The molecule has 0 saturated carbocycles. The van der Waals surface area contributed by atoms with Gasteiger partial charge >= 0.3 is 6.03 Å². The van der Waals surface area contributed by atoms with Gasteiger partial charge in [-0.15, -0.1) is 0 Å².